The molecule has 154 valence electrons. The number of benzene rings is 1. The maximum Gasteiger partial charge on any atom is 0.441 e. The van der Waals surface area contributed by atoms with E-state index in [1.807, 2.05) is 11.5 Å². The Balaban J connectivity index is 1.74. The zero-order chi connectivity index (χ0) is 21.8. The van der Waals surface area contributed by atoms with E-state index >= 15 is 0 Å². The Morgan fingerprint density at radius 2 is 1.83 bits per heavy atom. The number of hydrazone groups is 1. The van der Waals surface area contributed by atoms with Crippen molar-refractivity contribution in [3.63, 3.8) is 0 Å². The van der Waals surface area contributed by atoms with Gasteiger partial charge in [0, 0.05) is 17.1 Å². The molecule has 1 amide bonds. The quantitative estimate of drug-likeness (QED) is 0.561. The number of rotatable bonds is 2. The molecule has 1 aromatic carbocycles. The summed E-state index contributed by atoms with van der Waals surface area (Å²) in [5.74, 6) is -1.67. The van der Waals surface area contributed by atoms with Crippen molar-refractivity contribution in [3.05, 3.63) is 58.7 Å². The number of thioether (sulfide) groups is 1. The summed E-state index contributed by atoms with van der Waals surface area (Å²) in [7, 11) is 0. The molecule has 1 aromatic heterocycles. The van der Waals surface area contributed by atoms with Crippen LogP contribution in [0.15, 0.2) is 46.0 Å². The van der Waals surface area contributed by atoms with E-state index in [-0.39, 0.29) is 28.3 Å². The zero-order valence-corrected chi connectivity index (χ0v) is 16.4. The minimum Gasteiger partial charge on any atom is -0.318 e. The van der Waals surface area contributed by atoms with Crippen LogP contribution < -0.4 is 0 Å². The highest BCUT2D eigenvalue weighted by atomic mass is 32.2. The molecular formula is C19H13F4N5OS. The molecular weight excluding hydrogens is 422 g/mol. The molecule has 3 heterocycles. The molecule has 0 bridgehead atoms. The van der Waals surface area contributed by atoms with Crippen LogP contribution in [0, 0.1) is 25.1 Å². The first-order valence-corrected chi connectivity index (χ1v) is 9.40. The SMILES string of the molecule is Cc1cc(/C=C2/C(=N)N3N=C(C(F)(F)F)SC3=NC2=O)c(C)n1-c1ccc(F)cc1. The van der Waals surface area contributed by atoms with Gasteiger partial charge in [0.1, 0.15) is 5.82 Å². The molecule has 0 saturated heterocycles. The van der Waals surface area contributed by atoms with Crippen molar-refractivity contribution in [3.8, 4) is 5.69 Å². The molecule has 0 spiro atoms. The third-order valence-electron chi connectivity index (χ3n) is 4.55. The summed E-state index contributed by atoms with van der Waals surface area (Å²) in [6.45, 7) is 3.60. The average molecular weight is 435 g/mol. The van der Waals surface area contributed by atoms with Gasteiger partial charge in [-0.05, 0) is 67.6 Å². The Hall–Kier alpha value is -3.21. The number of hydrogen-bond acceptors (Lipinski definition) is 4. The summed E-state index contributed by atoms with van der Waals surface area (Å²) >= 11 is 0.203. The van der Waals surface area contributed by atoms with Crippen LogP contribution in [0.3, 0.4) is 0 Å². The Kier molecular flexibility index (Phi) is 4.64. The molecule has 0 radical (unpaired) electrons. The second-order valence-corrected chi connectivity index (χ2v) is 7.52. The van der Waals surface area contributed by atoms with Gasteiger partial charge in [0.25, 0.3) is 5.91 Å². The number of amides is 1. The van der Waals surface area contributed by atoms with Crippen LogP contribution in [-0.2, 0) is 4.79 Å². The second kappa shape index (κ2) is 6.94. The number of halogens is 4. The predicted octanol–water partition coefficient (Wildman–Crippen LogP) is 4.41. The zero-order valence-electron chi connectivity index (χ0n) is 15.6. The molecule has 2 aromatic rings. The van der Waals surface area contributed by atoms with E-state index in [1.54, 1.807) is 25.1 Å². The van der Waals surface area contributed by atoms with Crippen molar-refractivity contribution in [2.24, 2.45) is 10.1 Å². The molecule has 30 heavy (non-hydrogen) atoms. The van der Waals surface area contributed by atoms with Gasteiger partial charge in [-0.15, -0.1) is 0 Å². The van der Waals surface area contributed by atoms with Crippen molar-refractivity contribution in [2.75, 3.05) is 0 Å². The number of amidine groups is 2. The molecule has 6 nitrogen and oxygen atoms in total. The first-order valence-electron chi connectivity index (χ1n) is 8.58. The number of nitrogens with zero attached hydrogens (tertiary/aromatic N) is 4. The van der Waals surface area contributed by atoms with Gasteiger partial charge in [-0.1, -0.05) is 0 Å². The molecule has 0 saturated carbocycles. The summed E-state index contributed by atoms with van der Waals surface area (Å²) in [6.07, 6.45) is -3.29. The van der Waals surface area contributed by atoms with Gasteiger partial charge < -0.3 is 4.57 Å². The Labute approximate surface area is 172 Å². The largest absolute Gasteiger partial charge is 0.441 e. The Bertz CT molecular complexity index is 1170. The minimum atomic E-state index is -4.70. The number of fused-ring (bicyclic) bond motifs is 1. The van der Waals surface area contributed by atoms with Crippen LogP contribution in [0.2, 0.25) is 0 Å². The van der Waals surface area contributed by atoms with Crippen molar-refractivity contribution >= 4 is 39.8 Å². The third-order valence-corrected chi connectivity index (χ3v) is 5.51. The van der Waals surface area contributed by atoms with Crippen LogP contribution in [0.4, 0.5) is 17.6 Å². The fourth-order valence-corrected chi connectivity index (χ4v) is 3.94. The molecule has 2 aliphatic heterocycles. The fourth-order valence-electron chi connectivity index (χ4n) is 3.18. The van der Waals surface area contributed by atoms with Gasteiger partial charge in [-0.25, -0.2) is 4.39 Å². The molecule has 1 N–H and O–H groups in total. The Morgan fingerprint density at radius 3 is 2.47 bits per heavy atom. The van der Waals surface area contributed by atoms with Crippen molar-refractivity contribution < 1.29 is 22.4 Å². The molecule has 0 atom stereocenters. The number of nitrogens with one attached hydrogen (secondary N) is 1. The van der Waals surface area contributed by atoms with Crippen LogP contribution in [-0.4, -0.2) is 37.7 Å². The number of carbonyl (C=O) groups excluding carboxylic acids is 1. The number of hydrogen-bond donors (Lipinski definition) is 1. The lowest BCUT2D eigenvalue weighted by atomic mass is 10.1. The summed E-state index contributed by atoms with van der Waals surface area (Å²) < 4.78 is 53.8. The van der Waals surface area contributed by atoms with Crippen LogP contribution in [0.1, 0.15) is 17.0 Å². The normalized spacial score (nSPS) is 18.1. The fraction of sp³-hybridized carbons (Fsp3) is 0.158. The first kappa shape index (κ1) is 20.1. The van der Waals surface area contributed by atoms with Crippen LogP contribution in [0.25, 0.3) is 11.8 Å². The van der Waals surface area contributed by atoms with Crippen molar-refractivity contribution in [2.45, 2.75) is 20.0 Å². The third kappa shape index (κ3) is 3.34. The standard InChI is InChI=1S/C19H13F4N5OS/c1-9-7-11(10(2)27(9)13-5-3-12(20)4-6-13)8-14-15(24)28-18(25-16(14)29)30-17(26-28)19(21,22)23/h3-8,24H,1-2H3/b14-8-,24-15?. The summed E-state index contributed by atoms with van der Waals surface area (Å²) in [6, 6.07) is 7.61. The van der Waals surface area contributed by atoms with Gasteiger partial charge in [-0.2, -0.15) is 28.3 Å². The molecule has 0 aliphatic carbocycles. The van der Waals surface area contributed by atoms with E-state index in [0.29, 0.717) is 22.0 Å². The highest BCUT2D eigenvalue weighted by Crippen LogP contribution is 2.35. The van der Waals surface area contributed by atoms with Gasteiger partial charge in [0.2, 0.25) is 10.2 Å². The maximum absolute atomic E-state index is 13.2. The average Bonchev–Trinajstić information content (AvgIpc) is 3.21. The number of aliphatic imine (C=N–C) groups is 1. The topological polar surface area (TPSA) is 73.8 Å². The van der Waals surface area contributed by atoms with Crippen LogP contribution >= 0.6 is 11.8 Å². The van der Waals surface area contributed by atoms with E-state index in [0.717, 1.165) is 5.69 Å². The highest BCUT2D eigenvalue weighted by Gasteiger charge is 2.46. The summed E-state index contributed by atoms with van der Waals surface area (Å²) in [5.41, 5.74) is 2.61. The number of alkyl halides is 3. The summed E-state index contributed by atoms with van der Waals surface area (Å²) in [4.78, 5) is 16.1. The lowest BCUT2D eigenvalue weighted by Gasteiger charge is -2.20. The van der Waals surface area contributed by atoms with E-state index in [9.17, 15) is 22.4 Å². The minimum absolute atomic E-state index is 0.175. The number of carbonyl (C=O) groups is 1. The van der Waals surface area contributed by atoms with Gasteiger partial charge in [0.05, 0.1) is 5.57 Å². The monoisotopic (exact) mass is 435 g/mol. The molecule has 4 rings (SSSR count). The molecule has 11 heteroatoms. The number of aromatic nitrogens is 1. The first-order chi connectivity index (χ1) is 14.1. The molecule has 0 unspecified atom stereocenters. The summed E-state index contributed by atoms with van der Waals surface area (Å²) in [5, 5.41) is 10.8. The predicted molar refractivity (Wildman–Crippen MR) is 106 cm³/mol. The van der Waals surface area contributed by atoms with E-state index < -0.39 is 23.0 Å². The van der Waals surface area contributed by atoms with Crippen molar-refractivity contribution in [1.29, 1.82) is 5.41 Å². The molecule has 2 aliphatic rings. The van der Waals surface area contributed by atoms with Crippen molar-refractivity contribution in [1.82, 2.24) is 9.58 Å². The van der Waals surface area contributed by atoms with Gasteiger partial charge >= 0.3 is 6.18 Å². The lowest BCUT2D eigenvalue weighted by Crippen LogP contribution is -2.35. The van der Waals surface area contributed by atoms with Crippen LogP contribution in [0.5, 0.6) is 0 Å². The maximum atomic E-state index is 13.2. The van der Waals surface area contributed by atoms with E-state index in [1.165, 1.54) is 18.2 Å². The number of aryl methyl sites for hydroxylation is 1. The second-order valence-electron chi connectivity index (χ2n) is 6.56. The van der Waals surface area contributed by atoms with Gasteiger partial charge in [0.15, 0.2) is 5.84 Å². The van der Waals surface area contributed by atoms with E-state index in [2.05, 4.69) is 10.1 Å². The van der Waals surface area contributed by atoms with Gasteiger partial charge in [-0.3, -0.25) is 10.2 Å². The Morgan fingerprint density at radius 1 is 1.17 bits per heavy atom. The molecule has 0 fully saturated rings. The van der Waals surface area contributed by atoms with E-state index in [4.69, 9.17) is 5.41 Å². The smallest absolute Gasteiger partial charge is 0.318 e. The highest BCUT2D eigenvalue weighted by molar-refractivity contribution is 8.27. The lowest BCUT2D eigenvalue weighted by molar-refractivity contribution is -0.114.